The number of carbonyl (C=O) groups excluding carboxylic acids is 2. The molecule has 1 aliphatic rings. The molecule has 0 bridgehead atoms. The first-order valence-corrected chi connectivity index (χ1v) is 9.77. The van der Waals surface area contributed by atoms with E-state index in [0.717, 1.165) is 19.3 Å². The number of benzene rings is 2. The van der Waals surface area contributed by atoms with Gasteiger partial charge in [-0.2, -0.15) is 0 Å². The van der Waals surface area contributed by atoms with Crippen LogP contribution >= 0.6 is 11.3 Å². The Morgan fingerprint density at radius 2 is 1.89 bits per heavy atom. The van der Waals surface area contributed by atoms with E-state index in [0.29, 0.717) is 16.3 Å². The van der Waals surface area contributed by atoms with Crippen LogP contribution in [-0.4, -0.2) is 23.5 Å². The Balaban J connectivity index is 1.33. The topological polar surface area (TPSA) is 68.3 Å². The van der Waals surface area contributed by atoms with Gasteiger partial charge in [-0.1, -0.05) is 6.07 Å². The average Bonchev–Trinajstić information content (AvgIpc) is 3.36. The largest absolute Gasteiger partial charge is 0.451 e. The number of nitrogens with zero attached hydrogens (tertiary/aromatic N) is 1. The van der Waals surface area contributed by atoms with E-state index in [4.69, 9.17) is 4.74 Å². The van der Waals surface area contributed by atoms with Gasteiger partial charge in [-0.25, -0.2) is 14.2 Å². The van der Waals surface area contributed by atoms with Crippen molar-refractivity contribution in [2.45, 2.75) is 19.3 Å². The monoisotopic (exact) mass is 396 g/mol. The van der Waals surface area contributed by atoms with Crippen molar-refractivity contribution in [1.29, 1.82) is 0 Å². The fraction of sp³-hybridized carbons (Fsp3) is 0.190. The molecule has 0 saturated carbocycles. The first kappa shape index (κ1) is 18.3. The highest BCUT2D eigenvalue weighted by molar-refractivity contribution is 7.13. The lowest BCUT2D eigenvalue weighted by molar-refractivity contribution is -0.119. The fourth-order valence-electron chi connectivity index (χ4n) is 3.14. The SMILES string of the molecule is O=C(COC(=O)c1csc(-c2ccc(F)cc2)n1)Nc1ccc2c(c1)CCC2. The van der Waals surface area contributed by atoms with Crippen LogP contribution < -0.4 is 5.32 Å². The summed E-state index contributed by atoms with van der Waals surface area (Å²) in [5.74, 6) is -1.41. The highest BCUT2D eigenvalue weighted by atomic mass is 32.1. The van der Waals surface area contributed by atoms with E-state index in [-0.39, 0.29) is 18.1 Å². The standard InChI is InChI=1S/C21H17FN2O3S/c22-16-7-4-14(5-8-16)20-24-18(12-28-20)21(26)27-11-19(25)23-17-9-6-13-2-1-3-15(13)10-17/h4-10,12H,1-3,11H2,(H,23,25). The van der Waals surface area contributed by atoms with E-state index in [1.807, 2.05) is 18.2 Å². The van der Waals surface area contributed by atoms with E-state index in [1.54, 1.807) is 17.5 Å². The number of anilines is 1. The summed E-state index contributed by atoms with van der Waals surface area (Å²) in [6, 6.07) is 11.7. The molecule has 0 aliphatic heterocycles. The molecule has 0 unspecified atom stereocenters. The van der Waals surface area contributed by atoms with Crippen LogP contribution in [0.15, 0.2) is 47.8 Å². The predicted octanol–water partition coefficient (Wildman–Crippen LogP) is 4.23. The summed E-state index contributed by atoms with van der Waals surface area (Å²) < 4.78 is 18.1. The van der Waals surface area contributed by atoms with Crippen molar-refractivity contribution < 1.29 is 18.7 Å². The molecule has 1 aliphatic carbocycles. The molecule has 1 heterocycles. The molecule has 1 N–H and O–H groups in total. The Kier molecular flexibility index (Phi) is 5.16. The zero-order valence-corrected chi connectivity index (χ0v) is 15.7. The van der Waals surface area contributed by atoms with Crippen LogP contribution in [0.3, 0.4) is 0 Å². The average molecular weight is 396 g/mol. The lowest BCUT2D eigenvalue weighted by atomic mass is 10.1. The number of hydrogen-bond acceptors (Lipinski definition) is 5. The molecule has 4 rings (SSSR count). The maximum absolute atomic E-state index is 13.0. The molecule has 28 heavy (non-hydrogen) atoms. The number of esters is 1. The van der Waals surface area contributed by atoms with Gasteiger partial charge < -0.3 is 10.1 Å². The Bertz CT molecular complexity index is 1030. The minimum absolute atomic E-state index is 0.120. The second kappa shape index (κ2) is 7.90. The second-order valence-corrected chi connectivity index (χ2v) is 7.36. The molecule has 0 saturated heterocycles. The van der Waals surface area contributed by atoms with Crippen LogP contribution in [0.4, 0.5) is 10.1 Å². The molecular weight excluding hydrogens is 379 g/mol. The summed E-state index contributed by atoms with van der Waals surface area (Å²) in [4.78, 5) is 28.4. The summed E-state index contributed by atoms with van der Waals surface area (Å²) in [5, 5.41) is 4.88. The number of fused-ring (bicyclic) bond motifs is 1. The van der Waals surface area contributed by atoms with Gasteiger partial charge in [0.15, 0.2) is 12.3 Å². The van der Waals surface area contributed by atoms with E-state index in [1.165, 1.54) is 34.6 Å². The van der Waals surface area contributed by atoms with Gasteiger partial charge in [-0.15, -0.1) is 11.3 Å². The van der Waals surface area contributed by atoms with Crippen molar-refractivity contribution in [3.8, 4) is 10.6 Å². The summed E-state index contributed by atoms with van der Waals surface area (Å²) in [6.45, 7) is -0.390. The van der Waals surface area contributed by atoms with Crippen molar-refractivity contribution >= 4 is 28.9 Å². The van der Waals surface area contributed by atoms with Crippen LogP contribution in [0.1, 0.15) is 28.0 Å². The zero-order valence-electron chi connectivity index (χ0n) is 14.9. The number of aryl methyl sites for hydroxylation is 2. The molecular formula is C21H17FN2O3S. The second-order valence-electron chi connectivity index (χ2n) is 6.51. The van der Waals surface area contributed by atoms with E-state index in [2.05, 4.69) is 10.3 Å². The first-order chi connectivity index (χ1) is 13.6. The van der Waals surface area contributed by atoms with E-state index in [9.17, 15) is 14.0 Å². The predicted molar refractivity (Wildman–Crippen MR) is 105 cm³/mol. The Labute approximate surface area is 165 Å². The highest BCUT2D eigenvalue weighted by Crippen LogP contribution is 2.25. The molecule has 3 aromatic rings. The highest BCUT2D eigenvalue weighted by Gasteiger charge is 2.16. The van der Waals surface area contributed by atoms with E-state index >= 15 is 0 Å². The molecule has 1 aromatic heterocycles. The number of halogens is 1. The van der Waals surface area contributed by atoms with Crippen molar-refractivity contribution in [3.63, 3.8) is 0 Å². The van der Waals surface area contributed by atoms with Crippen LogP contribution in [0.5, 0.6) is 0 Å². The van der Waals surface area contributed by atoms with Gasteiger partial charge in [0, 0.05) is 16.6 Å². The lowest BCUT2D eigenvalue weighted by Crippen LogP contribution is -2.21. The summed E-state index contributed by atoms with van der Waals surface area (Å²) in [5.41, 5.74) is 4.11. The first-order valence-electron chi connectivity index (χ1n) is 8.89. The Morgan fingerprint density at radius 1 is 1.11 bits per heavy atom. The molecule has 0 fully saturated rings. The minimum atomic E-state index is -0.672. The molecule has 0 radical (unpaired) electrons. The summed E-state index contributed by atoms with van der Waals surface area (Å²) in [6.07, 6.45) is 3.24. The van der Waals surface area contributed by atoms with Crippen molar-refractivity contribution in [1.82, 2.24) is 4.98 Å². The molecule has 0 atom stereocenters. The zero-order chi connectivity index (χ0) is 19.5. The number of aromatic nitrogens is 1. The number of ether oxygens (including phenoxy) is 1. The van der Waals surface area contributed by atoms with Crippen molar-refractivity contribution in [2.24, 2.45) is 0 Å². The number of hydrogen-bond donors (Lipinski definition) is 1. The quantitative estimate of drug-likeness (QED) is 0.655. The maximum Gasteiger partial charge on any atom is 0.358 e. The molecule has 1 amide bonds. The number of rotatable bonds is 5. The summed E-state index contributed by atoms with van der Waals surface area (Å²) >= 11 is 1.25. The third-order valence-corrected chi connectivity index (χ3v) is 5.41. The van der Waals surface area contributed by atoms with Gasteiger partial charge in [0.05, 0.1) is 0 Å². The van der Waals surface area contributed by atoms with Crippen LogP contribution in [0.2, 0.25) is 0 Å². The molecule has 7 heteroatoms. The number of nitrogens with one attached hydrogen (secondary N) is 1. The van der Waals surface area contributed by atoms with Crippen LogP contribution in [-0.2, 0) is 22.4 Å². The van der Waals surface area contributed by atoms with Gasteiger partial charge in [0.25, 0.3) is 5.91 Å². The number of carbonyl (C=O) groups is 2. The number of thiazole rings is 1. The van der Waals surface area contributed by atoms with Crippen LogP contribution in [0.25, 0.3) is 10.6 Å². The third kappa shape index (κ3) is 4.09. The maximum atomic E-state index is 13.0. The minimum Gasteiger partial charge on any atom is -0.451 e. The number of amides is 1. The van der Waals surface area contributed by atoms with Crippen LogP contribution in [0, 0.1) is 5.82 Å². The third-order valence-electron chi connectivity index (χ3n) is 4.52. The molecule has 0 spiro atoms. The Hall–Kier alpha value is -3.06. The van der Waals surface area contributed by atoms with Crippen molar-refractivity contribution in [2.75, 3.05) is 11.9 Å². The normalized spacial score (nSPS) is 12.5. The Morgan fingerprint density at radius 3 is 2.71 bits per heavy atom. The summed E-state index contributed by atoms with van der Waals surface area (Å²) in [7, 11) is 0. The van der Waals surface area contributed by atoms with Gasteiger partial charge in [-0.05, 0) is 66.8 Å². The molecule has 2 aromatic carbocycles. The van der Waals surface area contributed by atoms with Gasteiger partial charge >= 0.3 is 5.97 Å². The lowest BCUT2D eigenvalue weighted by Gasteiger charge is -2.07. The van der Waals surface area contributed by atoms with Gasteiger partial charge in [0.2, 0.25) is 0 Å². The molecule has 142 valence electrons. The molecule has 5 nitrogen and oxygen atoms in total. The van der Waals surface area contributed by atoms with Gasteiger partial charge in [-0.3, -0.25) is 4.79 Å². The van der Waals surface area contributed by atoms with E-state index < -0.39 is 11.9 Å². The van der Waals surface area contributed by atoms with Crippen molar-refractivity contribution in [3.05, 3.63) is 70.5 Å². The van der Waals surface area contributed by atoms with Gasteiger partial charge in [0.1, 0.15) is 10.8 Å². The smallest absolute Gasteiger partial charge is 0.358 e. The fourth-order valence-corrected chi connectivity index (χ4v) is 3.94.